The molecule has 4 aliphatic rings. The second kappa shape index (κ2) is 15.0. The maximum atomic E-state index is 6.46. The molecule has 0 saturated heterocycles. The van der Waals surface area contributed by atoms with Gasteiger partial charge in [-0.15, -0.1) is 0 Å². The van der Waals surface area contributed by atoms with Gasteiger partial charge in [-0.25, -0.2) is 0 Å². The molecular formula is C35H69N5. The SMILES string of the molecule is CC(C)C(N)CC[C@@H](C)[C@H]1CCC2C3CC[C@H]4C[C@@H](NCCCNCCNCCCN)CC[C@]4(C)C3CC[C@@]21C. The van der Waals surface area contributed by atoms with Crippen molar-refractivity contribution in [3.8, 4) is 0 Å². The minimum atomic E-state index is 0.374. The van der Waals surface area contributed by atoms with Crippen LogP contribution in [-0.4, -0.2) is 51.4 Å². The third-order valence-electron chi connectivity index (χ3n) is 13.2. The Kier molecular flexibility index (Phi) is 12.3. The van der Waals surface area contributed by atoms with E-state index in [2.05, 4.69) is 50.6 Å². The van der Waals surface area contributed by atoms with Gasteiger partial charge in [0.1, 0.15) is 0 Å². The lowest BCUT2D eigenvalue weighted by atomic mass is 9.44. The Balaban J connectivity index is 1.21. The van der Waals surface area contributed by atoms with Crippen molar-refractivity contribution < 1.29 is 0 Å². The molecule has 5 heteroatoms. The van der Waals surface area contributed by atoms with Crippen molar-refractivity contribution in [2.24, 2.45) is 63.7 Å². The standard InChI is InChI=1S/C35H69N5/c1-25(2)33(37)13-8-26(3)30-11-12-31-29-10-9-27-24-28(40-21-7-20-39-23-22-38-19-6-18-36)14-16-34(27,4)32(29)15-17-35(30,31)5/h25-33,38-40H,6-24,36-37H2,1-5H3/t26-,27+,28+,29?,30-,31?,32?,33?,34+,35-/m1/s1. The molecular weight excluding hydrogens is 490 g/mol. The summed E-state index contributed by atoms with van der Waals surface area (Å²) < 4.78 is 0. The Bertz CT molecular complexity index is 743. The van der Waals surface area contributed by atoms with E-state index in [0.717, 1.165) is 87.2 Å². The van der Waals surface area contributed by atoms with Crippen molar-refractivity contribution >= 4 is 0 Å². The normalized spacial score (nSPS) is 39.0. The zero-order valence-electron chi connectivity index (χ0n) is 27.3. The average molecular weight is 560 g/mol. The Morgan fingerprint density at radius 3 is 2.17 bits per heavy atom. The molecule has 0 aromatic heterocycles. The smallest absolute Gasteiger partial charge is 0.00767 e. The fraction of sp³-hybridized carbons (Fsp3) is 1.00. The molecule has 0 heterocycles. The van der Waals surface area contributed by atoms with Crippen LogP contribution in [0.2, 0.25) is 0 Å². The van der Waals surface area contributed by atoms with Crippen molar-refractivity contribution in [1.29, 1.82) is 0 Å². The topological polar surface area (TPSA) is 88.1 Å². The molecule has 0 aromatic carbocycles. The molecule has 0 bridgehead atoms. The van der Waals surface area contributed by atoms with Gasteiger partial charge < -0.3 is 27.4 Å². The maximum Gasteiger partial charge on any atom is 0.00767 e. The van der Waals surface area contributed by atoms with Gasteiger partial charge in [0.25, 0.3) is 0 Å². The highest BCUT2D eigenvalue weighted by Gasteiger charge is 2.60. The van der Waals surface area contributed by atoms with Crippen LogP contribution in [0, 0.1) is 52.3 Å². The van der Waals surface area contributed by atoms with Gasteiger partial charge in [-0.3, -0.25) is 0 Å². The molecule has 0 spiro atoms. The Hall–Kier alpha value is -0.200. The molecule has 0 aromatic rings. The number of nitrogens with one attached hydrogen (secondary N) is 3. The molecule has 4 fully saturated rings. The third-order valence-corrected chi connectivity index (χ3v) is 13.2. The van der Waals surface area contributed by atoms with Crippen molar-refractivity contribution in [1.82, 2.24) is 16.0 Å². The molecule has 0 aliphatic heterocycles. The average Bonchev–Trinajstić information content (AvgIpc) is 3.29. The second-order valence-corrected chi connectivity index (χ2v) is 15.8. The first kappa shape index (κ1) is 32.7. The van der Waals surface area contributed by atoms with Crippen LogP contribution in [0.3, 0.4) is 0 Å². The summed E-state index contributed by atoms with van der Waals surface area (Å²) in [4.78, 5) is 0. The molecule has 4 unspecified atom stereocenters. The van der Waals surface area contributed by atoms with E-state index in [4.69, 9.17) is 11.5 Å². The molecule has 0 radical (unpaired) electrons. The quantitative estimate of drug-likeness (QED) is 0.152. The largest absolute Gasteiger partial charge is 0.330 e. The zero-order valence-corrected chi connectivity index (χ0v) is 27.3. The summed E-state index contributed by atoms with van der Waals surface area (Å²) >= 11 is 0. The fourth-order valence-electron chi connectivity index (χ4n) is 10.6. The first-order chi connectivity index (χ1) is 19.2. The van der Waals surface area contributed by atoms with Gasteiger partial charge >= 0.3 is 0 Å². The van der Waals surface area contributed by atoms with E-state index < -0.39 is 0 Å². The molecule has 40 heavy (non-hydrogen) atoms. The van der Waals surface area contributed by atoms with Crippen molar-refractivity contribution in [3.63, 3.8) is 0 Å². The molecule has 4 rings (SSSR count). The lowest BCUT2D eigenvalue weighted by molar-refractivity contribution is -0.118. The van der Waals surface area contributed by atoms with Gasteiger partial charge in [-0.05, 0) is 162 Å². The third kappa shape index (κ3) is 7.47. The van der Waals surface area contributed by atoms with Crippen LogP contribution in [0.1, 0.15) is 118 Å². The number of fused-ring (bicyclic) bond motifs is 5. The lowest BCUT2D eigenvalue weighted by Crippen LogP contribution is -2.55. The summed E-state index contributed by atoms with van der Waals surface area (Å²) in [5.41, 5.74) is 13.2. The first-order valence-electron chi connectivity index (χ1n) is 17.8. The van der Waals surface area contributed by atoms with E-state index in [9.17, 15) is 0 Å². The number of nitrogens with two attached hydrogens (primary N) is 2. The van der Waals surface area contributed by atoms with Gasteiger partial charge in [-0.1, -0.05) is 34.6 Å². The zero-order chi connectivity index (χ0) is 28.8. The highest BCUT2D eigenvalue weighted by atomic mass is 15.0. The maximum absolute atomic E-state index is 6.46. The molecule has 0 amide bonds. The predicted octanol–water partition coefficient (Wildman–Crippen LogP) is 5.92. The molecule has 7 N–H and O–H groups in total. The Morgan fingerprint density at radius 1 is 0.750 bits per heavy atom. The van der Waals surface area contributed by atoms with E-state index in [1.165, 1.54) is 77.0 Å². The summed E-state index contributed by atoms with van der Waals surface area (Å²) in [6.45, 7) is 18.8. The second-order valence-electron chi connectivity index (χ2n) is 15.8. The summed E-state index contributed by atoms with van der Waals surface area (Å²) in [5.74, 6) is 6.26. The highest BCUT2D eigenvalue weighted by Crippen LogP contribution is 2.68. The van der Waals surface area contributed by atoms with Gasteiger partial charge in [0.05, 0.1) is 0 Å². The summed E-state index contributed by atoms with van der Waals surface area (Å²) in [7, 11) is 0. The monoisotopic (exact) mass is 560 g/mol. The van der Waals surface area contributed by atoms with Crippen molar-refractivity contribution in [3.05, 3.63) is 0 Å². The number of hydrogen-bond acceptors (Lipinski definition) is 5. The van der Waals surface area contributed by atoms with E-state index >= 15 is 0 Å². The highest BCUT2D eigenvalue weighted by molar-refractivity contribution is 5.10. The first-order valence-corrected chi connectivity index (χ1v) is 17.8. The van der Waals surface area contributed by atoms with Crippen LogP contribution in [0.25, 0.3) is 0 Å². The summed E-state index contributed by atoms with van der Waals surface area (Å²) in [6.07, 6.45) is 18.1. The molecule has 5 nitrogen and oxygen atoms in total. The predicted molar refractivity (Wildman–Crippen MR) is 172 cm³/mol. The molecule has 4 saturated carbocycles. The van der Waals surface area contributed by atoms with Crippen LogP contribution >= 0.6 is 0 Å². The van der Waals surface area contributed by atoms with Crippen LogP contribution < -0.4 is 27.4 Å². The Morgan fingerprint density at radius 2 is 1.45 bits per heavy atom. The molecule has 10 atom stereocenters. The van der Waals surface area contributed by atoms with Crippen LogP contribution in [0.4, 0.5) is 0 Å². The van der Waals surface area contributed by atoms with Crippen molar-refractivity contribution in [2.45, 2.75) is 130 Å². The van der Waals surface area contributed by atoms with Gasteiger partial charge in [0.2, 0.25) is 0 Å². The summed E-state index contributed by atoms with van der Waals surface area (Å²) in [5, 5.41) is 11.0. The van der Waals surface area contributed by atoms with Gasteiger partial charge in [-0.2, -0.15) is 0 Å². The van der Waals surface area contributed by atoms with Gasteiger partial charge in [0.15, 0.2) is 0 Å². The van der Waals surface area contributed by atoms with Crippen LogP contribution in [0.15, 0.2) is 0 Å². The van der Waals surface area contributed by atoms with Crippen LogP contribution in [0.5, 0.6) is 0 Å². The van der Waals surface area contributed by atoms with Crippen LogP contribution in [-0.2, 0) is 0 Å². The minimum absolute atomic E-state index is 0.374. The van der Waals surface area contributed by atoms with Gasteiger partial charge in [0, 0.05) is 25.2 Å². The van der Waals surface area contributed by atoms with E-state index in [1.54, 1.807) is 0 Å². The number of hydrogen-bond donors (Lipinski definition) is 5. The lowest BCUT2D eigenvalue weighted by Gasteiger charge is -2.61. The minimum Gasteiger partial charge on any atom is -0.330 e. The molecule has 4 aliphatic carbocycles. The number of rotatable bonds is 16. The van der Waals surface area contributed by atoms with Crippen molar-refractivity contribution in [2.75, 3.05) is 39.3 Å². The van der Waals surface area contributed by atoms with E-state index in [-0.39, 0.29) is 0 Å². The Labute approximate surface area is 248 Å². The van der Waals surface area contributed by atoms with E-state index in [0.29, 0.717) is 22.8 Å². The summed E-state index contributed by atoms with van der Waals surface area (Å²) in [6, 6.07) is 1.12. The molecule has 234 valence electrons. The van der Waals surface area contributed by atoms with E-state index in [1.807, 2.05) is 0 Å². The fourth-order valence-corrected chi connectivity index (χ4v) is 10.6.